The molecule has 0 amide bonds. The van der Waals surface area contributed by atoms with Crippen LogP contribution in [0.15, 0.2) is 188 Å². The minimum Gasteiger partial charge on any atom is -0.310 e. The van der Waals surface area contributed by atoms with E-state index >= 15 is 0 Å². The molecule has 0 saturated heterocycles. The highest BCUT2D eigenvalue weighted by Crippen LogP contribution is 2.50. The van der Waals surface area contributed by atoms with Crippen LogP contribution in [0.2, 0.25) is 0 Å². The molecule has 0 saturated carbocycles. The van der Waals surface area contributed by atoms with Crippen LogP contribution in [-0.2, 0) is 0 Å². The third kappa shape index (κ3) is 5.13. The molecule has 3 heteroatoms. The summed E-state index contributed by atoms with van der Waals surface area (Å²) in [5.41, 5.74) is 10.6. The summed E-state index contributed by atoms with van der Waals surface area (Å²) < 4.78 is 5.21. The van der Waals surface area contributed by atoms with Crippen LogP contribution in [0.5, 0.6) is 0 Å². The summed E-state index contributed by atoms with van der Waals surface area (Å²) in [6.45, 7) is 0. The largest absolute Gasteiger partial charge is 0.310 e. The Hall–Kier alpha value is -6.00. The first-order valence-corrected chi connectivity index (χ1v) is 18.9. The smallest absolute Gasteiger partial charge is 0.0546 e. The first kappa shape index (κ1) is 29.9. The zero-order valence-electron chi connectivity index (χ0n) is 27.7. The molecule has 0 aliphatic heterocycles. The zero-order chi connectivity index (χ0) is 33.7. The summed E-state index contributed by atoms with van der Waals surface area (Å²) in [5.74, 6) is 0. The highest BCUT2D eigenvalue weighted by Gasteiger charge is 2.24. The fourth-order valence-corrected chi connectivity index (χ4v) is 9.80. The molecule has 0 N–H and O–H groups in total. The molecule has 0 bridgehead atoms. The van der Waals surface area contributed by atoms with Crippen molar-refractivity contribution < 1.29 is 0 Å². The monoisotopic (exact) mass is 685 g/mol. The van der Waals surface area contributed by atoms with Crippen molar-refractivity contribution in [1.29, 1.82) is 0 Å². The Morgan fingerprint density at radius 1 is 0.333 bits per heavy atom. The van der Waals surface area contributed by atoms with Crippen molar-refractivity contribution >= 4 is 80.1 Å². The average Bonchev–Trinajstić information content (AvgIpc) is 3.77. The summed E-state index contributed by atoms with van der Waals surface area (Å²) in [6, 6.07) is 68.8. The van der Waals surface area contributed by atoms with Crippen LogP contribution >= 0.6 is 22.7 Å². The van der Waals surface area contributed by atoms with Gasteiger partial charge in [0.15, 0.2) is 0 Å². The zero-order valence-corrected chi connectivity index (χ0v) is 29.3. The minimum absolute atomic E-state index is 1.11. The number of anilines is 3. The van der Waals surface area contributed by atoms with Gasteiger partial charge in [-0.1, -0.05) is 133 Å². The van der Waals surface area contributed by atoms with E-state index in [0.717, 1.165) is 17.1 Å². The topological polar surface area (TPSA) is 3.24 Å². The molecule has 10 aromatic rings. The Kier molecular flexibility index (Phi) is 7.26. The lowest BCUT2D eigenvalue weighted by molar-refractivity contribution is 1.29. The van der Waals surface area contributed by atoms with E-state index in [0.29, 0.717) is 0 Å². The number of fused-ring (bicyclic) bond motifs is 6. The van der Waals surface area contributed by atoms with Crippen LogP contribution in [-0.4, -0.2) is 0 Å². The number of rotatable bonds is 6. The molecule has 0 aliphatic rings. The van der Waals surface area contributed by atoms with Gasteiger partial charge >= 0.3 is 0 Å². The molecule has 0 fully saturated rings. The van der Waals surface area contributed by atoms with Gasteiger partial charge in [0.25, 0.3) is 0 Å². The predicted octanol–water partition coefficient (Wildman–Crippen LogP) is 14.9. The molecule has 10 rings (SSSR count). The standard InChI is InChI=1S/C48H31NS2/c1-3-14-32(15-4-1)34-18-11-19-35(30-34)49(36-28-29-45-41(31-36)38-20-7-9-25-43(38)50-45)42-24-12-22-37(33-16-5-2-6-17-33)47(42)40-23-13-27-46-48(40)39-21-8-10-26-44(39)51-46/h1-31H. The normalized spacial score (nSPS) is 11.5. The van der Waals surface area contributed by atoms with Crippen molar-refractivity contribution in [3.63, 3.8) is 0 Å². The van der Waals surface area contributed by atoms with E-state index in [1.165, 1.54) is 73.7 Å². The van der Waals surface area contributed by atoms with Crippen molar-refractivity contribution in [2.75, 3.05) is 4.90 Å². The Morgan fingerprint density at radius 3 is 1.73 bits per heavy atom. The van der Waals surface area contributed by atoms with E-state index < -0.39 is 0 Å². The van der Waals surface area contributed by atoms with Gasteiger partial charge in [0, 0.05) is 57.3 Å². The van der Waals surface area contributed by atoms with Gasteiger partial charge < -0.3 is 4.90 Å². The summed E-state index contributed by atoms with van der Waals surface area (Å²) >= 11 is 3.73. The average molecular weight is 686 g/mol. The highest BCUT2D eigenvalue weighted by atomic mass is 32.1. The lowest BCUT2D eigenvalue weighted by Crippen LogP contribution is -2.12. The number of benzene rings is 8. The lowest BCUT2D eigenvalue weighted by atomic mass is 9.89. The maximum Gasteiger partial charge on any atom is 0.0546 e. The summed E-state index contributed by atoms with van der Waals surface area (Å²) in [5, 5.41) is 5.18. The number of hydrogen-bond donors (Lipinski definition) is 0. The number of nitrogens with zero attached hydrogens (tertiary/aromatic N) is 1. The molecule has 240 valence electrons. The number of hydrogen-bond acceptors (Lipinski definition) is 3. The fraction of sp³-hybridized carbons (Fsp3) is 0. The second-order valence-electron chi connectivity index (χ2n) is 12.9. The van der Waals surface area contributed by atoms with E-state index in [9.17, 15) is 0 Å². The molecule has 0 unspecified atom stereocenters. The van der Waals surface area contributed by atoms with E-state index in [4.69, 9.17) is 0 Å². The molecule has 2 aromatic heterocycles. The van der Waals surface area contributed by atoms with Gasteiger partial charge in [0.2, 0.25) is 0 Å². The van der Waals surface area contributed by atoms with Crippen molar-refractivity contribution in [2.24, 2.45) is 0 Å². The van der Waals surface area contributed by atoms with Crippen LogP contribution in [0.25, 0.3) is 73.7 Å². The molecule has 0 radical (unpaired) electrons. The first-order valence-electron chi connectivity index (χ1n) is 17.3. The lowest BCUT2D eigenvalue weighted by Gasteiger charge is -2.30. The van der Waals surface area contributed by atoms with Gasteiger partial charge in [-0.25, -0.2) is 0 Å². The third-order valence-electron chi connectivity index (χ3n) is 9.87. The highest BCUT2D eigenvalue weighted by molar-refractivity contribution is 7.26. The van der Waals surface area contributed by atoms with E-state index in [1.54, 1.807) is 0 Å². The van der Waals surface area contributed by atoms with Crippen LogP contribution in [0, 0.1) is 0 Å². The van der Waals surface area contributed by atoms with Gasteiger partial charge in [0.05, 0.1) is 5.69 Å². The Bertz CT molecular complexity index is 2860. The predicted molar refractivity (Wildman–Crippen MR) is 223 cm³/mol. The van der Waals surface area contributed by atoms with Crippen molar-refractivity contribution in [1.82, 2.24) is 0 Å². The quantitative estimate of drug-likeness (QED) is 0.168. The van der Waals surface area contributed by atoms with Crippen LogP contribution in [0.3, 0.4) is 0 Å². The van der Waals surface area contributed by atoms with Gasteiger partial charge in [-0.3, -0.25) is 0 Å². The van der Waals surface area contributed by atoms with Crippen molar-refractivity contribution in [3.05, 3.63) is 188 Å². The van der Waals surface area contributed by atoms with Crippen LogP contribution < -0.4 is 4.90 Å². The minimum atomic E-state index is 1.11. The molecule has 0 atom stereocenters. The molecule has 51 heavy (non-hydrogen) atoms. The van der Waals surface area contributed by atoms with E-state index in [1.807, 2.05) is 22.7 Å². The third-order valence-corrected chi connectivity index (χ3v) is 12.2. The van der Waals surface area contributed by atoms with Crippen molar-refractivity contribution in [2.45, 2.75) is 0 Å². The molecule has 0 spiro atoms. The Morgan fingerprint density at radius 2 is 0.902 bits per heavy atom. The Labute approximate surface area is 304 Å². The van der Waals surface area contributed by atoms with Gasteiger partial charge in [-0.15, -0.1) is 22.7 Å². The first-order chi connectivity index (χ1) is 25.3. The van der Waals surface area contributed by atoms with Crippen LogP contribution in [0.1, 0.15) is 0 Å². The molecular formula is C48H31NS2. The molecule has 2 heterocycles. The molecule has 1 nitrogen and oxygen atoms in total. The Balaban J connectivity index is 1.31. The summed E-state index contributed by atoms with van der Waals surface area (Å²) in [4.78, 5) is 2.48. The van der Waals surface area contributed by atoms with Gasteiger partial charge in [-0.05, 0) is 82.4 Å². The maximum atomic E-state index is 2.48. The van der Waals surface area contributed by atoms with Crippen LogP contribution in [0.4, 0.5) is 17.1 Å². The molecular weight excluding hydrogens is 655 g/mol. The van der Waals surface area contributed by atoms with E-state index in [2.05, 4.69) is 193 Å². The molecule has 8 aromatic carbocycles. The second-order valence-corrected chi connectivity index (χ2v) is 15.0. The van der Waals surface area contributed by atoms with Gasteiger partial charge in [0.1, 0.15) is 0 Å². The van der Waals surface area contributed by atoms with Crippen molar-refractivity contribution in [3.8, 4) is 33.4 Å². The summed E-state index contributed by atoms with van der Waals surface area (Å²) in [7, 11) is 0. The van der Waals surface area contributed by atoms with Gasteiger partial charge in [-0.2, -0.15) is 0 Å². The number of thiophene rings is 2. The SMILES string of the molecule is c1ccc(-c2cccc(N(c3ccc4sc5ccccc5c4c3)c3cccc(-c4ccccc4)c3-c3cccc4sc5ccccc5c34)c2)cc1. The fourth-order valence-electron chi connectivity index (χ4n) is 7.59. The molecule has 0 aliphatic carbocycles. The second kappa shape index (κ2) is 12.4. The van der Waals surface area contributed by atoms with E-state index in [-0.39, 0.29) is 0 Å². The maximum absolute atomic E-state index is 2.48. The summed E-state index contributed by atoms with van der Waals surface area (Å²) in [6.07, 6.45) is 0.